The summed E-state index contributed by atoms with van der Waals surface area (Å²) in [4.78, 5) is 6.88. The molecule has 0 amide bonds. The lowest BCUT2D eigenvalue weighted by Gasteiger charge is -2.23. The quantitative estimate of drug-likeness (QED) is 0.819. The Bertz CT molecular complexity index is 369. The van der Waals surface area contributed by atoms with Crippen LogP contribution in [0, 0.1) is 0 Å². The molecule has 1 heterocycles. The van der Waals surface area contributed by atoms with Crippen molar-refractivity contribution < 1.29 is 0 Å². The summed E-state index contributed by atoms with van der Waals surface area (Å²) in [5, 5.41) is 0. The van der Waals surface area contributed by atoms with Crippen LogP contribution in [0.25, 0.3) is 0 Å². The third kappa shape index (κ3) is 2.05. The molecule has 1 aromatic heterocycles. The summed E-state index contributed by atoms with van der Waals surface area (Å²) in [6.45, 7) is 1.65. The lowest BCUT2D eigenvalue weighted by atomic mass is 10.1. The number of aromatic nitrogens is 1. The van der Waals surface area contributed by atoms with E-state index < -0.39 is 0 Å². The van der Waals surface area contributed by atoms with Gasteiger partial charge in [0.25, 0.3) is 0 Å². The predicted octanol–water partition coefficient (Wildman–Crippen LogP) is 1.89. The summed E-state index contributed by atoms with van der Waals surface area (Å²) in [6, 6.07) is 5.13. The zero-order chi connectivity index (χ0) is 11.0. The number of nitrogens with zero attached hydrogens (tertiary/aromatic N) is 2. The summed E-state index contributed by atoms with van der Waals surface area (Å²) in [6.07, 6.45) is 7.26. The number of hydrogen-bond donors (Lipinski definition) is 1. The van der Waals surface area contributed by atoms with E-state index in [-0.39, 0.29) is 0 Å². The number of anilines is 1. The maximum Gasteiger partial charge on any atom is 0.129 e. The van der Waals surface area contributed by atoms with Crippen molar-refractivity contribution in [3.8, 4) is 0 Å². The highest BCUT2D eigenvalue weighted by Crippen LogP contribution is 2.41. The molecule has 0 spiro atoms. The Hall–Kier alpha value is -1.09. The van der Waals surface area contributed by atoms with Gasteiger partial charge in [0.05, 0.1) is 0 Å². The molecule has 2 saturated carbocycles. The Kier molecular flexibility index (Phi) is 2.56. The van der Waals surface area contributed by atoms with Crippen LogP contribution in [-0.4, -0.2) is 24.1 Å². The van der Waals surface area contributed by atoms with Crippen molar-refractivity contribution in [3.05, 3.63) is 23.9 Å². The molecule has 2 aliphatic rings. The fourth-order valence-electron chi connectivity index (χ4n) is 2.27. The maximum absolute atomic E-state index is 5.67. The summed E-state index contributed by atoms with van der Waals surface area (Å²) in [7, 11) is 0. The minimum absolute atomic E-state index is 0.700. The van der Waals surface area contributed by atoms with Crippen molar-refractivity contribution >= 4 is 5.82 Å². The van der Waals surface area contributed by atoms with Gasteiger partial charge in [-0.2, -0.15) is 0 Å². The van der Waals surface area contributed by atoms with Crippen molar-refractivity contribution in [2.75, 3.05) is 18.0 Å². The largest absolute Gasteiger partial charge is 0.352 e. The lowest BCUT2D eigenvalue weighted by molar-refractivity contribution is 0.770. The van der Waals surface area contributed by atoms with Crippen molar-refractivity contribution in [2.45, 2.75) is 37.6 Å². The molecule has 0 unspecified atom stereocenters. The van der Waals surface area contributed by atoms with Gasteiger partial charge in [0.2, 0.25) is 0 Å². The van der Waals surface area contributed by atoms with Crippen LogP contribution >= 0.6 is 0 Å². The first kappa shape index (κ1) is 10.1. The third-order valence-electron chi connectivity index (χ3n) is 3.47. The molecule has 1 aromatic rings. The van der Waals surface area contributed by atoms with Crippen LogP contribution in [0.3, 0.4) is 0 Å². The molecular weight excluding hydrogens is 198 g/mol. The van der Waals surface area contributed by atoms with Gasteiger partial charge in [0, 0.05) is 25.3 Å². The van der Waals surface area contributed by atoms with Crippen LogP contribution in [0.4, 0.5) is 5.82 Å². The zero-order valence-corrected chi connectivity index (χ0v) is 9.60. The molecule has 16 heavy (non-hydrogen) atoms. The predicted molar refractivity (Wildman–Crippen MR) is 65.6 cm³/mol. The van der Waals surface area contributed by atoms with E-state index >= 15 is 0 Å². The van der Waals surface area contributed by atoms with E-state index in [2.05, 4.69) is 22.0 Å². The first-order valence-corrected chi connectivity index (χ1v) is 6.31. The molecule has 0 bridgehead atoms. The molecule has 0 aliphatic heterocycles. The van der Waals surface area contributed by atoms with Crippen LogP contribution in [-0.2, 0) is 0 Å². The van der Waals surface area contributed by atoms with E-state index in [1.807, 2.05) is 6.20 Å². The molecule has 2 aliphatic carbocycles. The molecule has 0 atom stereocenters. The van der Waals surface area contributed by atoms with Gasteiger partial charge in [-0.3, -0.25) is 0 Å². The molecule has 0 aromatic carbocycles. The van der Waals surface area contributed by atoms with Gasteiger partial charge in [-0.05, 0) is 49.3 Å². The number of pyridine rings is 1. The second-order valence-corrected chi connectivity index (χ2v) is 4.93. The number of hydrogen-bond acceptors (Lipinski definition) is 3. The third-order valence-corrected chi connectivity index (χ3v) is 3.47. The zero-order valence-electron chi connectivity index (χ0n) is 9.60. The molecule has 3 rings (SSSR count). The summed E-state index contributed by atoms with van der Waals surface area (Å²) < 4.78 is 0. The highest BCUT2D eigenvalue weighted by atomic mass is 15.2. The Morgan fingerprint density at radius 1 is 1.31 bits per heavy atom. The molecule has 2 fully saturated rings. The Morgan fingerprint density at radius 2 is 2.12 bits per heavy atom. The minimum Gasteiger partial charge on any atom is -0.352 e. The molecular formula is C13H19N3. The standard InChI is InChI=1S/C13H19N3/c14-6-8-16(12-3-4-12)13-9-11(5-7-15-13)10-1-2-10/h5,7,9-10,12H,1-4,6,8,14H2. The van der Waals surface area contributed by atoms with E-state index in [4.69, 9.17) is 5.73 Å². The summed E-state index contributed by atoms with van der Waals surface area (Å²) >= 11 is 0. The molecule has 3 heteroatoms. The first-order chi connectivity index (χ1) is 7.88. The van der Waals surface area contributed by atoms with E-state index in [9.17, 15) is 0 Å². The molecule has 3 nitrogen and oxygen atoms in total. The van der Waals surface area contributed by atoms with Gasteiger partial charge in [-0.15, -0.1) is 0 Å². The van der Waals surface area contributed by atoms with Gasteiger partial charge in [-0.25, -0.2) is 4.98 Å². The van der Waals surface area contributed by atoms with E-state index in [1.165, 1.54) is 31.2 Å². The van der Waals surface area contributed by atoms with Gasteiger partial charge in [-0.1, -0.05) is 0 Å². The minimum atomic E-state index is 0.700. The summed E-state index contributed by atoms with van der Waals surface area (Å²) in [5.41, 5.74) is 7.14. The van der Waals surface area contributed by atoms with Crippen molar-refractivity contribution in [3.63, 3.8) is 0 Å². The van der Waals surface area contributed by atoms with Crippen molar-refractivity contribution in [1.82, 2.24) is 4.98 Å². The second-order valence-electron chi connectivity index (χ2n) is 4.93. The van der Waals surface area contributed by atoms with Gasteiger partial charge >= 0.3 is 0 Å². The topological polar surface area (TPSA) is 42.1 Å². The Balaban J connectivity index is 1.81. The number of rotatable bonds is 5. The molecule has 0 radical (unpaired) electrons. The SMILES string of the molecule is NCCN(c1cc(C2CC2)ccn1)C1CC1. The molecule has 0 saturated heterocycles. The number of nitrogens with two attached hydrogens (primary N) is 1. The maximum atomic E-state index is 5.67. The fourth-order valence-corrected chi connectivity index (χ4v) is 2.27. The van der Waals surface area contributed by atoms with E-state index in [0.717, 1.165) is 18.3 Å². The molecule has 86 valence electrons. The molecule has 2 N–H and O–H groups in total. The smallest absolute Gasteiger partial charge is 0.129 e. The van der Waals surface area contributed by atoms with Crippen molar-refractivity contribution in [1.29, 1.82) is 0 Å². The fraction of sp³-hybridized carbons (Fsp3) is 0.615. The first-order valence-electron chi connectivity index (χ1n) is 6.31. The second kappa shape index (κ2) is 4.06. The van der Waals surface area contributed by atoms with Crippen LogP contribution in [0.2, 0.25) is 0 Å². The van der Waals surface area contributed by atoms with E-state index in [1.54, 1.807) is 0 Å². The summed E-state index contributed by atoms with van der Waals surface area (Å²) in [5.74, 6) is 1.94. The van der Waals surface area contributed by atoms with Gasteiger partial charge in [0.1, 0.15) is 5.82 Å². The van der Waals surface area contributed by atoms with Crippen LogP contribution in [0.1, 0.15) is 37.2 Å². The van der Waals surface area contributed by atoms with Gasteiger partial charge in [0.15, 0.2) is 0 Å². The van der Waals surface area contributed by atoms with Crippen LogP contribution < -0.4 is 10.6 Å². The monoisotopic (exact) mass is 217 g/mol. The highest BCUT2D eigenvalue weighted by molar-refractivity contribution is 5.45. The highest BCUT2D eigenvalue weighted by Gasteiger charge is 2.30. The normalized spacial score (nSPS) is 19.8. The Labute approximate surface area is 96.7 Å². The van der Waals surface area contributed by atoms with E-state index in [0.29, 0.717) is 12.6 Å². The van der Waals surface area contributed by atoms with Crippen molar-refractivity contribution in [2.24, 2.45) is 5.73 Å². The Morgan fingerprint density at radius 3 is 2.75 bits per heavy atom. The average Bonchev–Trinajstić information content (AvgIpc) is 3.19. The van der Waals surface area contributed by atoms with Gasteiger partial charge < -0.3 is 10.6 Å². The average molecular weight is 217 g/mol. The lowest BCUT2D eigenvalue weighted by Crippen LogP contribution is -2.32. The van der Waals surface area contributed by atoms with Crippen LogP contribution in [0.5, 0.6) is 0 Å². The van der Waals surface area contributed by atoms with Crippen LogP contribution in [0.15, 0.2) is 18.3 Å².